The van der Waals surface area contributed by atoms with Gasteiger partial charge >= 0.3 is 0 Å². The predicted molar refractivity (Wildman–Crippen MR) is 166 cm³/mol. The molecule has 0 amide bonds. The number of benzene rings is 2. The fraction of sp³-hybridized carbons (Fsp3) is 0.172. The van der Waals surface area contributed by atoms with E-state index in [0.29, 0.717) is 44.9 Å². The van der Waals surface area contributed by atoms with Crippen LogP contribution in [-0.4, -0.2) is 18.9 Å². The van der Waals surface area contributed by atoms with Crippen LogP contribution in [0.5, 0.6) is 0 Å². The topological polar surface area (TPSA) is 152 Å². The van der Waals surface area contributed by atoms with Crippen LogP contribution in [0.1, 0.15) is 36.1 Å². The highest BCUT2D eigenvalue weighted by Gasteiger charge is 2.18. The zero-order chi connectivity index (χ0) is 30.3. The number of nitrogens with two attached hydrogens (primary N) is 4. The van der Waals surface area contributed by atoms with Crippen LogP contribution in [0.3, 0.4) is 0 Å². The Morgan fingerprint density at radius 3 is 1.56 bits per heavy atom. The van der Waals surface area contributed by atoms with Crippen molar-refractivity contribution in [2.75, 3.05) is 24.0 Å². The number of halogens is 2. The van der Waals surface area contributed by atoms with Gasteiger partial charge < -0.3 is 22.9 Å². The highest BCUT2D eigenvalue weighted by Crippen LogP contribution is 2.32. The minimum absolute atomic E-state index is 0.107. The van der Waals surface area contributed by atoms with Crippen LogP contribution in [0, 0.1) is 22.7 Å². The van der Waals surface area contributed by atoms with Gasteiger partial charge in [-0.2, -0.15) is 10.5 Å². The summed E-state index contributed by atoms with van der Waals surface area (Å²) in [4.78, 5) is 0.577. The molecular weight excluding hydrogens is 534 g/mol. The summed E-state index contributed by atoms with van der Waals surface area (Å²) >= 11 is 2.35. The highest BCUT2D eigenvalue weighted by molar-refractivity contribution is 8.02. The fourth-order valence-corrected chi connectivity index (χ4v) is 4.01. The summed E-state index contributed by atoms with van der Waals surface area (Å²) in [6.07, 6.45) is 2.42. The minimum Gasteiger partial charge on any atom is -0.398 e. The fourth-order valence-electron chi connectivity index (χ4n) is 2.98. The molecule has 2 aromatic rings. The van der Waals surface area contributed by atoms with E-state index in [1.165, 1.54) is 36.2 Å². The van der Waals surface area contributed by atoms with Crippen LogP contribution in [0.25, 0.3) is 11.1 Å². The molecule has 0 saturated carbocycles. The van der Waals surface area contributed by atoms with Gasteiger partial charge in [0.25, 0.3) is 6.43 Å². The third kappa shape index (κ3) is 9.60. The van der Waals surface area contributed by atoms with E-state index < -0.39 is 6.43 Å². The maximum Gasteiger partial charge on any atom is 0.271 e. The first kappa shape index (κ1) is 34.9. The van der Waals surface area contributed by atoms with Crippen LogP contribution < -0.4 is 22.9 Å². The van der Waals surface area contributed by atoms with Gasteiger partial charge in [-0.15, -0.1) is 23.5 Å². The van der Waals surface area contributed by atoms with Gasteiger partial charge in [-0.05, 0) is 48.9 Å². The molecule has 39 heavy (non-hydrogen) atoms. The largest absolute Gasteiger partial charge is 0.398 e. The van der Waals surface area contributed by atoms with Gasteiger partial charge in [-0.25, -0.2) is 8.78 Å². The first-order valence-electron chi connectivity index (χ1n) is 11.4. The van der Waals surface area contributed by atoms with Crippen molar-refractivity contribution in [2.45, 2.75) is 20.3 Å². The lowest BCUT2D eigenvalue weighted by molar-refractivity contribution is 0.199. The summed E-state index contributed by atoms with van der Waals surface area (Å²) in [6.45, 7) is 15.3. The number of nitrogen functional groups attached to an aromatic ring is 2. The number of hydrogen-bond acceptors (Lipinski definition) is 8. The van der Waals surface area contributed by atoms with Gasteiger partial charge in [-0.1, -0.05) is 39.7 Å². The lowest BCUT2D eigenvalue weighted by Crippen LogP contribution is -2.09. The van der Waals surface area contributed by atoms with E-state index in [2.05, 4.69) is 25.8 Å². The van der Waals surface area contributed by atoms with Crippen molar-refractivity contribution in [1.29, 1.82) is 10.5 Å². The Balaban J connectivity index is 0.000000697. The molecule has 8 N–H and O–H groups in total. The molecule has 6 nitrogen and oxygen atoms in total. The Hall–Kier alpha value is -4.12. The Labute approximate surface area is 238 Å². The van der Waals surface area contributed by atoms with Gasteiger partial charge in [-0.3, -0.25) is 0 Å². The highest BCUT2D eigenvalue weighted by atomic mass is 32.2. The van der Waals surface area contributed by atoms with Gasteiger partial charge in [0.2, 0.25) is 0 Å². The lowest BCUT2D eigenvalue weighted by atomic mass is 10.00. The SMILES string of the molecule is C=C(/C(N)=C(/SC)C(F)F)c1cc(C#N)ccc1N.C=C/C(SC)=C(/N)C(=C)c1cc(C#N)ccc1N.CC. The average Bonchev–Trinajstić information content (AvgIpc) is 2.95. The third-order valence-corrected chi connectivity index (χ3v) is 6.68. The van der Waals surface area contributed by atoms with Crippen molar-refractivity contribution in [2.24, 2.45) is 11.5 Å². The summed E-state index contributed by atoms with van der Waals surface area (Å²) in [7, 11) is 0. The Morgan fingerprint density at radius 2 is 1.26 bits per heavy atom. The van der Waals surface area contributed by atoms with E-state index in [1.807, 2.05) is 26.2 Å². The predicted octanol–water partition coefficient (Wildman–Crippen LogP) is 6.85. The molecule has 0 radical (unpaired) electrons. The van der Waals surface area contributed by atoms with E-state index in [-0.39, 0.29) is 16.2 Å². The molecule has 0 aliphatic heterocycles. The van der Waals surface area contributed by atoms with Crippen molar-refractivity contribution >= 4 is 46.0 Å². The molecule has 0 heterocycles. The number of allylic oxidation sites excluding steroid dienone is 4. The van der Waals surface area contributed by atoms with Gasteiger partial charge in [0, 0.05) is 38.6 Å². The molecule has 0 fully saturated rings. The summed E-state index contributed by atoms with van der Waals surface area (Å²) in [5, 5.41) is 17.7. The van der Waals surface area contributed by atoms with Crippen LogP contribution >= 0.6 is 23.5 Å². The van der Waals surface area contributed by atoms with Gasteiger partial charge in [0.1, 0.15) is 0 Å². The number of nitrogens with zero attached hydrogens (tertiary/aromatic N) is 2. The molecular formula is C29H34F2N6S2. The number of rotatable bonds is 8. The molecule has 0 aliphatic rings. The third-order valence-electron chi connectivity index (χ3n) is 5.02. The van der Waals surface area contributed by atoms with E-state index in [9.17, 15) is 8.78 Å². The Bertz CT molecular complexity index is 1350. The number of alkyl halides is 2. The zero-order valence-electron chi connectivity index (χ0n) is 22.5. The zero-order valence-corrected chi connectivity index (χ0v) is 24.1. The monoisotopic (exact) mass is 568 g/mol. The average molecular weight is 569 g/mol. The second kappa shape index (κ2) is 17.4. The van der Waals surface area contributed by atoms with Gasteiger partial charge in [0.15, 0.2) is 0 Å². The molecule has 0 aromatic heterocycles. The molecule has 0 bridgehead atoms. The van der Waals surface area contributed by atoms with E-state index in [4.69, 9.17) is 33.5 Å². The molecule has 0 spiro atoms. The van der Waals surface area contributed by atoms with E-state index >= 15 is 0 Å². The summed E-state index contributed by atoms with van der Waals surface area (Å²) in [6, 6.07) is 13.6. The standard InChI is InChI=1S/C14H15N3S.C13H13F2N3S.C2H6/c1-4-13(18-3)14(17)9(2)11-7-10(8-15)5-6-12(11)16;1-7(11(18)12(19-2)13(14)15)9-5-8(6-16)3-4-10(9)17;1-2/h4-7H,1-2,16-17H2,3H3;3-5,13H,1,17-18H2,2H3;1-2H3/b14-13-;12-11-;. The van der Waals surface area contributed by atoms with Crippen molar-refractivity contribution in [3.8, 4) is 12.1 Å². The smallest absolute Gasteiger partial charge is 0.271 e. The quantitative estimate of drug-likeness (QED) is 0.199. The van der Waals surface area contributed by atoms with Gasteiger partial charge in [0.05, 0.1) is 39.6 Å². The maximum absolute atomic E-state index is 12.8. The Morgan fingerprint density at radius 1 is 0.846 bits per heavy atom. The van der Waals surface area contributed by atoms with Crippen molar-refractivity contribution in [3.63, 3.8) is 0 Å². The molecule has 0 aliphatic carbocycles. The van der Waals surface area contributed by atoms with E-state index in [1.54, 1.807) is 24.3 Å². The molecule has 2 aromatic carbocycles. The second-order valence-electron chi connectivity index (χ2n) is 7.25. The molecule has 206 valence electrons. The maximum atomic E-state index is 12.8. The summed E-state index contributed by atoms with van der Waals surface area (Å²) in [5.41, 5.74) is 27.4. The van der Waals surface area contributed by atoms with Crippen molar-refractivity contribution in [3.05, 3.63) is 106 Å². The number of anilines is 2. The summed E-state index contributed by atoms with van der Waals surface area (Å²) < 4.78 is 25.6. The molecule has 0 atom stereocenters. The number of nitriles is 2. The first-order valence-corrected chi connectivity index (χ1v) is 13.9. The summed E-state index contributed by atoms with van der Waals surface area (Å²) in [5.74, 6) is 0. The number of hydrogen-bond donors (Lipinski definition) is 4. The van der Waals surface area contributed by atoms with Crippen LogP contribution in [0.4, 0.5) is 20.2 Å². The molecule has 0 unspecified atom stereocenters. The molecule has 10 heteroatoms. The van der Waals surface area contributed by atoms with E-state index in [0.717, 1.165) is 16.7 Å². The Kier molecular flexibility index (Phi) is 15.6. The van der Waals surface area contributed by atoms with Crippen molar-refractivity contribution < 1.29 is 8.78 Å². The van der Waals surface area contributed by atoms with Crippen LogP contribution in [-0.2, 0) is 0 Å². The normalized spacial score (nSPS) is 11.2. The van der Waals surface area contributed by atoms with Crippen LogP contribution in [0.2, 0.25) is 0 Å². The van der Waals surface area contributed by atoms with Crippen molar-refractivity contribution in [1.82, 2.24) is 0 Å². The van der Waals surface area contributed by atoms with Crippen LogP contribution in [0.15, 0.2) is 83.4 Å². The molecule has 0 saturated heterocycles. The number of thioether (sulfide) groups is 2. The lowest BCUT2D eigenvalue weighted by Gasteiger charge is -2.13. The second-order valence-corrected chi connectivity index (χ2v) is 8.95. The molecule has 2 rings (SSSR count). The first-order chi connectivity index (χ1) is 18.5. The minimum atomic E-state index is -2.67.